The van der Waals surface area contributed by atoms with Crippen LogP contribution in [-0.4, -0.2) is 19.7 Å². The van der Waals surface area contributed by atoms with E-state index >= 15 is 0 Å². The summed E-state index contributed by atoms with van der Waals surface area (Å²) >= 11 is 0. The number of nitrogens with zero attached hydrogens (tertiary/aromatic N) is 5. The molecule has 2 aromatic heterocycles. The van der Waals surface area contributed by atoms with Gasteiger partial charge in [-0.25, -0.2) is 4.98 Å². The second-order valence-electron chi connectivity index (χ2n) is 5.71. The summed E-state index contributed by atoms with van der Waals surface area (Å²) in [7, 11) is 1.56. The summed E-state index contributed by atoms with van der Waals surface area (Å²) < 4.78 is 47.0. The lowest BCUT2D eigenvalue weighted by Gasteiger charge is -2.15. The fourth-order valence-corrected chi connectivity index (χ4v) is 2.67. The second kappa shape index (κ2) is 7.07. The van der Waals surface area contributed by atoms with E-state index in [2.05, 4.69) is 15.2 Å². The first-order valence-corrected chi connectivity index (χ1v) is 7.90. The Kier molecular flexibility index (Phi) is 4.81. The zero-order valence-corrected chi connectivity index (χ0v) is 14.4. The first-order valence-electron chi connectivity index (χ1n) is 7.90. The van der Waals surface area contributed by atoms with Crippen LogP contribution in [0.4, 0.5) is 13.2 Å². The lowest BCUT2D eigenvalue weighted by atomic mass is 10.1. The van der Waals surface area contributed by atoms with E-state index in [0.29, 0.717) is 5.82 Å². The van der Waals surface area contributed by atoms with Crippen molar-refractivity contribution in [3.8, 4) is 23.2 Å². The molecule has 6 nitrogen and oxygen atoms in total. The first-order chi connectivity index (χ1) is 12.8. The van der Waals surface area contributed by atoms with Crippen LogP contribution in [0.1, 0.15) is 30.1 Å². The Labute approximate surface area is 152 Å². The zero-order valence-electron chi connectivity index (χ0n) is 14.4. The maximum atomic E-state index is 13.3. The third-order valence-electron chi connectivity index (χ3n) is 3.93. The zero-order chi connectivity index (χ0) is 19.6. The Hall–Kier alpha value is -3.41. The molecule has 0 unspecified atom stereocenters. The maximum absolute atomic E-state index is 13.3. The van der Waals surface area contributed by atoms with Crippen LogP contribution in [0.25, 0.3) is 11.4 Å². The number of benzene rings is 1. The van der Waals surface area contributed by atoms with Crippen molar-refractivity contribution in [2.24, 2.45) is 7.05 Å². The van der Waals surface area contributed by atoms with E-state index in [-0.39, 0.29) is 22.8 Å². The molecule has 0 aliphatic rings. The van der Waals surface area contributed by atoms with Crippen molar-refractivity contribution >= 4 is 0 Å². The molecule has 9 heteroatoms. The highest BCUT2D eigenvalue weighted by Crippen LogP contribution is 2.36. The molecule has 3 aromatic rings. The van der Waals surface area contributed by atoms with Crippen molar-refractivity contribution in [1.82, 2.24) is 19.7 Å². The van der Waals surface area contributed by atoms with Crippen LogP contribution >= 0.6 is 0 Å². The van der Waals surface area contributed by atoms with Gasteiger partial charge >= 0.3 is 6.18 Å². The fraction of sp³-hybridized carbons (Fsp3) is 0.222. The van der Waals surface area contributed by atoms with E-state index in [4.69, 9.17) is 10.00 Å². The predicted octanol–water partition coefficient (Wildman–Crippen LogP) is 3.91. The van der Waals surface area contributed by atoms with E-state index in [9.17, 15) is 13.2 Å². The Balaban J connectivity index is 1.96. The van der Waals surface area contributed by atoms with E-state index < -0.39 is 17.8 Å². The van der Waals surface area contributed by atoms with Gasteiger partial charge in [0.15, 0.2) is 29.2 Å². The molecule has 0 radical (unpaired) electrons. The molecule has 0 aliphatic heterocycles. The van der Waals surface area contributed by atoms with Gasteiger partial charge in [-0.1, -0.05) is 18.2 Å². The van der Waals surface area contributed by atoms with E-state index in [1.54, 1.807) is 26.1 Å². The number of rotatable bonds is 4. The summed E-state index contributed by atoms with van der Waals surface area (Å²) in [6.45, 7) is 1.66. The number of nitriles is 1. The molecule has 0 amide bonds. The van der Waals surface area contributed by atoms with Crippen molar-refractivity contribution in [3.05, 3.63) is 59.7 Å². The maximum Gasteiger partial charge on any atom is 0.417 e. The predicted molar refractivity (Wildman–Crippen MR) is 89.4 cm³/mol. The Morgan fingerprint density at radius 3 is 2.59 bits per heavy atom. The average molecular weight is 373 g/mol. The largest absolute Gasteiger partial charge is 0.480 e. The average Bonchev–Trinajstić information content (AvgIpc) is 3.03. The SMILES string of the molecule is C[C@H](Oc1cccnc1C#N)c1nnc(-c2ccccc2C(F)(F)F)n1C. The molecule has 0 aliphatic carbocycles. The molecule has 0 saturated carbocycles. The van der Waals surface area contributed by atoms with Crippen molar-refractivity contribution in [3.63, 3.8) is 0 Å². The van der Waals surface area contributed by atoms with Gasteiger partial charge in [0.25, 0.3) is 0 Å². The van der Waals surface area contributed by atoms with Gasteiger partial charge in [-0.15, -0.1) is 10.2 Å². The highest BCUT2D eigenvalue weighted by molar-refractivity contribution is 5.61. The van der Waals surface area contributed by atoms with Crippen molar-refractivity contribution in [2.75, 3.05) is 0 Å². The normalized spacial score (nSPS) is 12.4. The molecule has 2 heterocycles. The molecule has 0 N–H and O–H groups in total. The summed E-state index contributed by atoms with van der Waals surface area (Å²) in [6.07, 6.45) is -3.71. The van der Waals surface area contributed by atoms with Gasteiger partial charge in [0.05, 0.1) is 5.56 Å². The second-order valence-corrected chi connectivity index (χ2v) is 5.71. The number of hydrogen-bond donors (Lipinski definition) is 0. The molecule has 1 aromatic carbocycles. The Bertz CT molecular complexity index is 1010. The van der Waals surface area contributed by atoms with Crippen LogP contribution in [0.3, 0.4) is 0 Å². The number of halogens is 3. The lowest BCUT2D eigenvalue weighted by molar-refractivity contribution is -0.137. The molecule has 3 rings (SSSR count). The highest BCUT2D eigenvalue weighted by Gasteiger charge is 2.35. The number of aromatic nitrogens is 4. The minimum Gasteiger partial charge on any atom is -0.480 e. The van der Waals surface area contributed by atoms with Gasteiger partial charge in [0.1, 0.15) is 6.07 Å². The van der Waals surface area contributed by atoms with Crippen molar-refractivity contribution < 1.29 is 17.9 Å². The van der Waals surface area contributed by atoms with Gasteiger partial charge in [-0.3, -0.25) is 0 Å². The molecular weight excluding hydrogens is 359 g/mol. The molecule has 0 bridgehead atoms. The molecule has 0 spiro atoms. The standard InChI is InChI=1S/C18H14F3N5O/c1-11(27-15-8-5-9-23-14(15)10-22)16-24-25-17(26(16)2)12-6-3-4-7-13(12)18(19,20)21/h3-9,11H,1-2H3/t11-/m0/s1. The van der Waals surface area contributed by atoms with E-state index in [0.717, 1.165) is 6.07 Å². The third kappa shape index (κ3) is 3.60. The monoisotopic (exact) mass is 373 g/mol. The molecule has 0 saturated heterocycles. The molecular formula is C18H14F3N5O. The van der Waals surface area contributed by atoms with E-state index in [1.807, 2.05) is 6.07 Å². The first kappa shape index (κ1) is 18.4. The van der Waals surface area contributed by atoms with Gasteiger partial charge in [-0.2, -0.15) is 18.4 Å². The van der Waals surface area contributed by atoms with Gasteiger partial charge < -0.3 is 9.30 Å². The van der Waals surface area contributed by atoms with Crippen LogP contribution in [0.2, 0.25) is 0 Å². The summed E-state index contributed by atoms with van der Waals surface area (Å²) in [6, 6.07) is 10.3. The van der Waals surface area contributed by atoms with Crippen molar-refractivity contribution in [1.29, 1.82) is 5.26 Å². The highest BCUT2D eigenvalue weighted by atomic mass is 19.4. The minimum absolute atomic E-state index is 0.0695. The third-order valence-corrected chi connectivity index (χ3v) is 3.93. The number of pyridine rings is 1. The van der Waals surface area contributed by atoms with Gasteiger partial charge in [0, 0.05) is 18.8 Å². The van der Waals surface area contributed by atoms with E-state index in [1.165, 1.54) is 29.0 Å². The minimum atomic E-state index is -4.51. The summed E-state index contributed by atoms with van der Waals surface area (Å²) in [5.74, 6) is 0.641. The number of alkyl halides is 3. The molecule has 27 heavy (non-hydrogen) atoms. The van der Waals surface area contributed by atoms with Crippen molar-refractivity contribution in [2.45, 2.75) is 19.2 Å². The Morgan fingerprint density at radius 2 is 1.89 bits per heavy atom. The van der Waals surface area contributed by atoms with Crippen LogP contribution < -0.4 is 4.74 Å². The Morgan fingerprint density at radius 1 is 1.15 bits per heavy atom. The summed E-state index contributed by atoms with van der Waals surface area (Å²) in [5, 5.41) is 17.0. The molecule has 1 atom stereocenters. The van der Waals surface area contributed by atoms with Crippen LogP contribution in [-0.2, 0) is 13.2 Å². The molecule has 0 fully saturated rings. The van der Waals surface area contributed by atoms with Crippen LogP contribution in [0.5, 0.6) is 5.75 Å². The smallest absolute Gasteiger partial charge is 0.417 e. The number of hydrogen-bond acceptors (Lipinski definition) is 5. The fourth-order valence-electron chi connectivity index (χ4n) is 2.67. The quantitative estimate of drug-likeness (QED) is 0.693. The number of ether oxygens (including phenoxy) is 1. The van der Waals surface area contributed by atoms with Crippen LogP contribution in [0.15, 0.2) is 42.6 Å². The topological polar surface area (TPSA) is 76.6 Å². The summed E-state index contributed by atoms with van der Waals surface area (Å²) in [5.41, 5.74) is -0.758. The lowest BCUT2D eigenvalue weighted by Crippen LogP contribution is -2.12. The van der Waals surface area contributed by atoms with Crippen LogP contribution in [0, 0.1) is 11.3 Å². The van der Waals surface area contributed by atoms with Gasteiger partial charge in [0.2, 0.25) is 0 Å². The summed E-state index contributed by atoms with van der Waals surface area (Å²) in [4.78, 5) is 3.90. The molecule has 138 valence electrons. The van der Waals surface area contributed by atoms with Gasteiger partial charge in [-0.05, 0) is 25.1 Å².